The molecule has 1 aliphatic heterocycles. The molecule has 0 spiro atoms. The van der Waals surface area contributed by atoms with Crippen LogP contribution in [-0.4, -0.2) is 30.0 Å². The third kappa shape index (κ3) is 1.37. The van der Waals surface area contributed by atoms with Crippen molar-refractivity contribution in [1.82, 2.24) is 5.06 Å². The molecule has 1 heterocycles. The maximum Gasteiger partial charge on any atom is 0.445 e. The Morgan fingerprint density at radius 3 is 2.73 bits per heavy atom. The van der Waals surface area contributed by atoms with E-state index in [0.717, 1.165) is 5.06 Å². The molecule has 7 nitrogen and oxygen atoms in total. The van der Waals surface area contributed by atoms with Crippen molar-refractivity contribution in [3.8, 4) is 0 Å². The summed E-state index contributed by atoms with van der Waals surface area (Å²) in [7, 11) is 1.32. The van der Waals surface area contributed by atoms with E-state index in [1.165, 1.54) is 7.05 Å². The summed E-state index contributed by atoms with van der Waals surface area (Å²) in [4.78, 5) is 29.2. The van der Waals surface area contributed by atoms with Crippen molar-refractivity contribution < 1.29 is 19.3 Å². The van der Waals surface area contributed by atoms with Gasteiger partial charge in [0.15, 0.2) is 0 Å². The summed E-state index contributed by atoms with van der Waals surface area (Å²) in [5.41, 5.74) is 5.12. The Morgan fingerprint density at radius 2 is 2.09 bits per heavy atom. The Bertz CT molecular complexity index is 235. The molecule has 11 heavy (non-hydrogen) atoms. The molecule has 0 aromatic heterocycles. The van der Waals surface area contributed by atoms with Crippen molar-refractivity contribution >= 4 is 17.9 Å². The van der Waals surface area contributed by atoms with Gasteiger partial charge in [-0.25, -0.2) is 9.59 Å². The van der Waals surface area contributed by atoms with Gasteiger partial charge in [-0.05, 0) is 5.16 Å². The fourth-order valence-corrected chi connectivity index (χ4v) is 0.391. The molecule has 0 fully saturated rings. The molecule has 0 aliphatic carbocycles. The summed E-state index contributed by atoms with van der Waals surface area (Å²) < 4.78 is 0. The van der Waals surface area contributed by atoms with Crippen LogP contribution in [0.15, 0.2) is 5.16 Å². The molecule has 0 unspecified atom stereocenters. The minimum Gasteiger partial charge on any atom is -0.365 e. The molecule has 60 valence electrons. The number of carbonyl (C=O) groups is 2. The molecule has 0 radical (unpaired) electrons. The molecule has 2 N–H and O–H groups in total. The predicted octanol–water partition coefficient (Wildman–Crippen LogP) is -1.84. The van der Waals surface area contributed by atoms with E-state index in [1.807, 2.05) is 0 Å². The van der Waals surface area contributed by atoms with E-state index in [9.17, 15) is 9.59 Å². The number of nitrogens with two attached hydrogens (primary N) is 1. The summed E-state index contributed by atoms with van der Waals surface area (Å²) in [6.07, 6.45) is 0. The Labute approximate surface area is 61.3 Å². The molecule has 0 bridgehead atoms. The average molecular weight is 159 g/mol. The van der Waals surface area contributed by atoms with Crippen LogP contribution in [0.4, 0.5) is 0 Å². The summed E-state index contributed by atoms with van der Waals surface area (Å²) in [5, 5.41) is 3.89. The van der Waals surface area contributed by atoms with Gasteiger partial charge >= 0.3 is 11.9 Å². The number of oxime groups is 1. The van der Waals surface area contributed by atoms with Crippen LogP contribution in [0.1, 0.15) is 0 Å². The van der Waals surface area contributed by atoms with Crippen LogP contribution in [-0.2, 0) is 19.3 Å². The first-order chi connectivity index (χ1) is 5.11. The van der Waals surface area contributed by atoms with Crippen molar-refractivity contribution in [1.29, 1.82) is 0 Å². The molecule has 0 amide bonds. The number of hydroxylamine groups is 2. The third-order valence-corrected chi connectivity index (χ3v) is 0.931. The number of hydrogen-bond acceptors (Lipinski definition) is 7. The summed E-state index contributed by atoms with van der Waals surface area (Å²) in [6.45, 7) is 0. The molecule has 1 aliphatic rings. The van der Waals surface area contributed by atoms with E-state index in [0.29, 0.717) is 0 Å². The molecular formula is C4H5N3O4. The second-order valence-corrected chi connectivity index (χ2v) is 1.70. The zero-order valence-corrected chi connectivity index (χ0v) is 5.60. The Balaban J connectivity index is 2.80. The molecule has 0 atom stereocenters. The fourth-order valence-electron chi connectivity index (χ4n) is 0.391. The van der Waals surface area contributed by atoms with Crippen LogP contribution in [0, 0.1) is 0 Å². The second kappa shape index (κ2) is 2.45. The fraction of sp³-hybridized carbons (Fsp3) is 0.250. The lowest BCUT2D eigenvalue weighted by Gasteiger charge is -2.10. The minimum absolute atomic E-state index is 0.204. The number of carbonyl (C=O) groups excluding carboxylic acids is 2. The summed E-state index contributed by atoms with van der Waals surface area (Å²) in [5.74, 6) is -2.56. The molecule has 7 heteroatoms. The Kier molecular flexibility index (Phi) is 1.63. The van der Waals surface area contributed by atoms with Gasteiger partial charge in [0.2, 0.25) is 0 Å². The Hall–Kier alpha value is -1.79. The molecule has 0 saturated heterocycles. The van der Waals surface area contributed by atoms with Crippen molar-refractivity contribution in [3.63, 3.8) is 0 Å². The van der Waals surface area contributed by atoms with Crippen LogP contribution in [0.3, 0.4) is 0 Å². The van der Waals surface area contributed by atoms with Crippen molar-refractivity contribution in [2.45, 2.75) is 0 Å². The third-order valence-electron chi connectivity index (χ3n) is 0.931. The largest absolute Gasteiger partial charge is 0.445 e. The highest BCUT2D eigenvalue weighted by Gasteiger charge is 2.25. The van der Waals surface area contributed by atoms with Crippen LogP contribution in [0.5, 0.6) is 0 Å². The second-order valence-electron chi connectivity index (χ2n) is 1.70. The first-order valence-corrected chi connectivity index (χ1v) is 2.61. The zero-order valence-electron chi connectivity index (χ0n) is 5.60. The lowest BCUT2D eigenvalue weighted by atomic mass is 10.7. The van der Waals surface area contributed by atoms with Gasteiger partial charge < -0.3 is 15.4 Å². The number of rotatable bonds is 0. The van der Waals surface area contributed by atoms with Gasteiger partial charge in [-0.2, -0.15) is 5.06 Å². The maximum atomic E-state index is 10.5. The predicted molar refractivity (Wildman–Crippen MR) is 31.6 cm³/mol. The standard InChI is InChI=1S/C4H5N3O4/c1-7-4(5)6-10-2(8)3(9)11-7/h1H3,(H2,5,6). The average Bonchev–Trinajstić information content (AvgIpc) is 2.05. The van der Waals surface area contributed by atoms with Gasteiger partial charge in [0.05, 0.1) is 0 Å². The highest BCUT2D eigenvalue weighted by molar-refractivity contribution is 6.30. The smallest absolute Gasteiger partial charge is 0.365 e. The van der Waals surface area contributed by atoms with E-state index < -0.39 is 11.9 Å². The number of guanidine groups is 1. The van der Waals surface area contributed by atoms with E-state index in [1.54, 1.807) is 0 Å². The minimum atomic E-state index is -1.20. The zero-order chi connectivity index (χ0) is 8.43. The van der Waals surface area contributed by atoms with Crippen molar-refractivity contribution in [2.24, 2.45) is 10.9 Å². The quantitative estimate of drug-likeness (QED) is 0.329. The van der Waals surface area contributed by atoms with Crippen LogP contribution in [0.2, 0.25) is 0 Å². The normalized spacial score (nSPS) is 18.3. The van der Waals surface area contributed by atoms with E-state index in [4.69, 9.17) is 5.73 Å². The van der Waals surface area contributed by atoms with Crippen molar-refractivity contribution in [3.05, 3.63) is 0 Å². The van der Waals surface area contributed by atoms with Gasteiger partial charge in [-0.1, -0.05) is 0 Å². The SMILES string of the molecule is CN1OC(=O)C(=O)ON=C1N. The Morgan fingerprint density at radius 1 is 1.45 bits per heavy atom. The van der Waals surface area contributed by atoms with Gasteiger partial charge in [0, 0.05) is 7.05 Å². The topological polar surface area (TPSA) is 94.2 Å². The first-order valence-electron chi connectivity index (χ1n) is 2.61. The first kappa shape index (κ1) is 7.32. The molecule has 0 aromatic rings. The lowest BCUT2D eigenvalue weighted by Crippen LogP contribution is -2.34. The van der Waals surface area contributed by atoms with Gasteiger partial charge in [0.25, 0.3) is 5.96 Å². The van der Waals surface area contributed by atoms with Crippen LogP contribution >= 0.6 is 0 Å². The van der Waals surface area contributed by atoms with E-state index in [-0.39, 0.29) is 5.96 Å². The lowest BCUT2D eigenvalue weighted by molar-refractivity contribution is -0.180. The number of hydrogen-bond donors (Lipinski definition) is 1. The summed E-state index contributed by atoms with van der Waals surface area (Å²) in [6, 6.07) is 0. The van der Waals surface area contributed by atoms with Crippen LogP contribution < -0.4 is 5.73 Å². The molecular weight excluding hydrogens is 154 g/mol. The van der Waals surface area contributed by atoms with Gasteiger partial charge in [-0.15, -0.1) is 0 Å². The monoisotopic (exact) mass is 159 g/mol. The van der Waals surface area contributed by atoms with Crippen LogP contribution in [0.25, 0.3) is 0 Å². The molecule has 0 saturated carbocycles. The van der Waals surface area contributed by atoms with Gasteiger partial charge in [-0.3, -0.25) is 0 Å². The highest BCUT2D eigenvalue weighted by Crippen LogP contribution is 1.95. The van der Waals surface area contributed by atoms with E-state index >= 15 is 0 Å². The summed E-state index contributed by atoms with van der Waals surface area (Å²) >= 11 is 0. The molecule has 0 aromatic carbocycles. The highest BCUT2D eigenvalue weighted by atomic mass is 16.8. The van der Waals surface area contributed by atoms with Gasteiger partial charge in [0.1, 0.15) is 0 Å². The molecule has 1 rings (SSSR count). The van der Waals surface area contributed by atoms with E-state index in [2.05, 4.69) is 14.8 Å². The number of nitrogens with zero attached hydrogens (tertiary/aromatic N) is 2. The maximum absolute atomic E-state index is 10.5. The van der Waals surface area contributed by atoms with Crippen molar-refractivity contribution in [2.75, 3.05) is 7.05 Å².